The van der Waals surface area contributed by atoms with Crippen LogP contribution in [0, 0.1) is 11.3 Å². The second-order valence-electron chi connectivity index (χ2n) is 6.60. The SMILES string of the molecule is C=Cc1c(/C=C\C)c2ccccc2n1-c1ccc(-c2cccc(C#N)c2)cc1.CC. The van der Waals surface area contributed by atoms with E-state index in [4.69, 9.17) is 5.26 Å². The summed E-state index contributed by atoms with van der Waals surface area (Å²) in [6, 6.07) is 26.7. The van der Waals surface area contributed by atoms with Crippen LogP contribution in [0.1, 0.15) is 37.6 Å². The Hall–Kier alpha value is -3.83. The number of fused-ring (bicyclic) bond motifs is 1. The van der Waals surface area contributed by atoms with Crippen LogP contribution < -0.4 is 0 Å². The van der Waals surface area contributed by atoms with Crippen LogP contribution in [-0.4, -0.2) is 4.57 Å². The summed E-state index contributed by atoms with van der Waals surface area (Å²) in [6.07, 6.45) is 6.11. The number of aromatic nitrogens is 1. The van der Waals surface area contributed by atoms with E-state index < -0.39 is 0 Å². The molecule has 0 atom stereocenters. The van der Waals surface area contributed by atoms with Gasteiger partial charge in [0.1, 0.15) is 0 Å². The van der Waals surface area contributed by atoms with Crippen molar-refractivity contribution in [3.05, 3.63) is 102 Å². The van der Waals surface area contributed by atoms with Gasteiger partial charge in [-0.25, -0.2) is 0 Å². The summed E-state index contributed by atoms with van der Waals surface area (Å²) in [6.45, 7) is 10.1. The molecule has 3 aromatic carbocycles. The highest BCUT2D eigenvalue weighted by molar-refractivity contribution is 5.95. The molecule has 0 unspecified atom stereocenters. The van der Waals surface area contributed by atoms with Gasteiger partial charge in [0.15, 0.2) is 0 Å². The van der Waals surface area contributed by atoms with Crippen LogP contribution in [0.4, 0.5) is 0 Å². The standard InChI is InChI=1S/C26H20N2.C2H6/c1-3-8-23-24-11-5-6-12-26(24)28(25(23)4-2)22-15-13-20(14-16-22)21-10-7-9-19(17-21)18-27;1-2/h3-17H,2H2,1H3;1-2H3/b8-3-;. The third-order valence-corrected chi connectivity index (χ3v) is 4.93. The van der Waals surface area contributed by atoms with Crippen LogP contribution in [0.15, 0.2) is 85.5 Å². The smallest absolute Gasteiger partial charge is 0.0991 e. The molecule has 0 aliphatic heterocycles. The molecule has 0 bridgehead atoms. The van der Waals surface area contributed by atoms with Crippen molar-refractivity contribution in [3.63, 3.8) is 0 Å². The maximum Gasteiger partial charge on any atom is 0.0991 e. The van der Waals surface area contributed by atoms with Crippen molar-refractivity contribution in [3.8, 4) is 22.9 Å². The van der Waals surface area contributed by atoms with Gasteiger partial charge in [-0.3, -0.25) is 0 Å². The Kier molecular flexibility index (Phi) is 6.67. The molecule has 0 N–H and O–H groups in total. The molecule has 0 amide bonds. The number of hydrogen-bond acceptors (Lipinski definition) is 1. The molecule has 0 spiro atoms. The number of rotatable bonds is 4. The fourth-order valence-electron chi connectivity index (χ4n) is 3.68. The molecular weight excluding hydrogens is 364 g/mol. The molecule has 0 saturated heterocycles. The van der Waals surface area contributed by atoms with Crippen molar-refractivity contribution in [2.24, 2.45) is 0 Å². The zero-order valence-electron chi connectivity index (χ0n) is 17.8. The van der Waals surface area contributed by atoms with Gasteiger partial charge in [0.25, 0.3) is 0 Å². The first-order chi connectivity index (χ1) is 14.8. The van der Waals surface area contributed by atoms with Gasteiger partial charge in [-0.05, 0) is 54.5 Å². The molecule has 0 aliphatic rings. The first-order valence-corrected chi connectivity index (χ1v) is 10.3. The fourth-order valence-corrected chi connectivity index (χ4v) is 3.68. The second-order valence-corrected chi connectivity index (χ2v) is 6.60. The van der Waals surface area contributed by atoms with Crippen molar-refractivity contribution in [1.82, 2.24) is 4.57 Å². The van der Waals surface area contributed by atoms with E-state index in [1.54, 1.807) is 0 Å². The molecular formula is C28H26N2. The van der Waals surface area contributed by atoms with E-state index in [0.717, 1.165) is 28.0 Å². The summed E-state index contributed by atoms with van der Waals surface area (Å²) in [4.78, 5) is 0. The van der Waals surface area contributed by atoms with E-state index in [2.05, 4.69) is 77.9 Å². The lowest BCUT2D eigenvalue weighted by atomic mass is 10.0. The lowest BCUT2D eigenvalue weighted by Crippen LogP contribution is -1.96. The van der Waals surface area contributed by atoms with Gasteiger partial charge in [-0.2, -0.15) is 5.26 Å². The average Bonchev–Trinajstić information content (AvgIpc) is 3.14. The van der Waals surface area contributed by atoms with E-state index in [1.165, 1.54) is 10.9 Å². The third kappa shape index (κ3) is 3.83. The number of nitrogens with zero attached hydrogens (tertiary/aromatic N) is 2. The van der Waals surface area contributed by atoms with Gasteiger partial charge >= 0.3 is 0 Å². The zero-order valence-corrected chi connectivity index (χ0v) is 17.8. The Bertz CT molecular complexity index is 1230. The Morgan fingerprint density at radius 3 is 2.30 bits per heavy atom. The summed E-state index contributed by atoms with van der Waals surface area (Å²) < 4.78 is 2.24. The summed E-state index contributed by atoms with van der Waals surface area (Å²) >= 11 is 0. The minimum atomic E-state index is 0.669. The lowest BCUT2D eigenvalue weighted by Gasteiger charge is -2.10. The minimum absolute atomic E-state index is 0.669. The Labute approximate surface area is 179 Å². The van der Waals surface area contributed by atoms with E-state index in [9.17, 15) is 0 Å². The van der Waals surface area contributed by atoms with Crippen molar-refractivity contribution in [2.75, 3.05) is 0 Å². The molecule has 2 nitrogen and oxygen atoms in total. The average molecular weight is 391 g/mol. The molecule has 30 heavy (non-hydrogen) atoms. The van der Waals surface area contributed by atoms with Crippen molar-refractivity contribution < 1.29 is 0 Å². The molecule has 2 heteroatoms. The van der Waals surface area contributed by atoms with Crippen molar-refractivity contribution >= 4 is 23.1 Å². The van der Waals surface area contributed by atoms with E-state index in [1.807, 2.05) is 51.1 Å². The van der Waals surface area contributed by atoms with E-state index in [0.29, 0.717) is 5.56 Å². The third-order valence-electron chi connectivity index (χ3n) is 4.93. The summed E-state index contributed by atoms with van der Waals surface area (Å²) in [5, 5.41) is 10.3. The van der Waals surface area contributed by atoms with Gasteiger partial charge < -0.3 is 4.57 Å². The fraction of sp³-hybridized carbons (Fsp3) is 0.107. The summed E-state index contributed by atoms with van der Waals surface area (Å²) in [5.41, 5.74) is 7.31. The van der Waals surface area contributed by atoms with Crippen molar-refractivity contribution in [2.45, 2.75) is 20.8 Å². The molecule has 1 aromatic heterocycles. The molecule has 0 aliphatic carbocycles. The van der Waals surface area contributed by atoms with Crippen LogP contribution in [-0.2, 0) is 0 Å². The van der Waals surface area contributed by atoms with Gasteiger partial charge in [-0.15, -0.1) is 0 Å². The van der Waals surface area contributed by atoms with Crippen LogP contribution >= 0.6 is 0 Å². The number of para-hydroxylation sites is 1. The highest BCUT2D eigenvalue weighted by Crippen LogP contribution is 2.32. The zero-order chi connectivity index (χ0) is 21.5. The molecule has 0 saturated carbocycles. The predicted octanol–water partition coefficient (Wildman–Crippen LogP) is 7.87. The maximum absolute atomic E-state index is 9.14. The maximum atomic E-state index is 9.14. The van der Waals surface area contributed by atoms with Gasteiger partial charge in [0, 0.05) is 16.6 Å². The van der Waals surface area contributed by atoms with Gasteiger partial charge in [0.2, 0.25) is 0 Å². The Morgan fingerprint density at radius 2 is 1.63 bits per heavy atom. The normalized spacial score (nSPS) is 10.5. The molecule has 0 radical (unpaired) electrons. The van der Waals surface area contributed by atoms with E-state index in [-0.39, 0.29) is 0 Å². The van der Waals surface area contributed by atoms with Gasteiger partial charge in [0.05, 0.1) is 22.8 Å². The summed E-state index contributed by atoms with van der Waals surface area (Å²) in [7, 11) is 0. The second kappa shape index (κ2) is 9.58. The van der Waals surface area contributed by atoms with Gasteiger partial charge in [-0.1, -0.05) is 75.0 Å². The van der Waals surface area contributed by atoms with Crippen LogP contribution in [0.3, 0.4) is 0 Å². The van der Waals surface area contributed by atoms with E-state index >= 15 is 0 Å². The molecule has 148 valence electrons. The largest absolute Gasteiger partial charge is 0.309 e. The first-order valence-electron chi connectivity index (χ1n) is 10.3. The van der Waals surface area contributed by atoms with Crippen LogP contribution in [0.25, 0.3) is 39.9 Å². The van der Waals surface area contributed by atoms with Crippen LogP contribution in [0.2, 0.25) is 0 Å². The Morgan fingerprint density at radius 1 is 0.900 bits per heavy atom. The minimum Gasteiger partial charge on any atom is -0.309 e. The topological polar surface area (TPSA) is 28.7 Å². The number of allylic oxidation sites excluding steroid dienone is 1. The molecule has 0 fully saturated rings. The van der Waals surface area contributed by atoms with Crippen molar-refractivity contribution in [1.29, 1.82) is 5.26 Å². The highest BCUT2D eigenvalue weighted by Gasteiger charge is 2.14. The first kappa shape index (κ1) is 20.9. The molecule has 1 heterocycles. The highest BCUT2D eigenvalue weighted by atomic mass is 15.0. The monoisotopic (exact) mass is 390 g/mol. The number of benzene rings is 3. The van der Waals surface area contributed by atoms with Crippen LogP contribution in [0.5, 0.6) is 0 Å². The summed E-state index contributed by atoms with van der Waals surface area (Å²) in [5.74, 6) is 0. The Balaban J connectivity index is 0.00000124. The lowest BCUT2D eigenvalue weighted by molar-refractivity contribution is 1.11. The predicted molar refractivity (Wildman–Crippen MR) is 130 cm³/mol. The number of nitriles is 1. The molecule has 4 aromatic rings. The quantitative estimate of drug-likeness (QED) is 0.348. The number of hydrogen-bond donors (Lipinski definition) is 0. The molecule has 4 rings (SSSR count).